The molecule has 7 heteroatoms. The number of halogens is 1. The van der Waals surface area contributed by atoms with E-state index in [9.17, 15) is 0 Å². The van der Waals surface area contributed by atoms with E-state index in [1.807, 2.05) is 0 Å². The molecule has 0 amide bonds. The quantitative estimate of drug-likeness (QED) is 0.285. The molecule has 2 saturated heterocycles. The smallest absolute Gasteiger partial charge is 0.188 e. The summed E-state index contributed by atoms with van der Waals surface area (Å²) < 4.78 is 11.3. The maximum atomic E-state index is 6.15. The fourth-order valence-electron chi connectivity index (χ4n) is 4.98. The van der Waals surface area contributed by atoms with Crippen LogP contribution in [0.2, 0.25) is 0 Å². The molecule has 2 heterocycles. The van der Waals surface area contributed by atoms with E-state index in [1.165, 1.54) is 25.7 Å². The maximum absolute atomic E-state index is 6.15. The Morgan fingerprint density at radius 2 is 2.04 bits per heavy atom. The van der Waals surface area contributed by atoms with Crippen molar-refractivity contribution in [3.63, 3.8) is 0 Å². The number of hydrogen-bond donors (Lipinski definition) is 2. The molecule has 0 bridgehead atoms. The molecule has 1 spiro atoms. The van der Waals surface area contributed by atoms with Gasteiger partial charge in [-0.05, 0) is 25.7 Å². The van der Waals surface area contributed by atoms with Gasteiger partial charge in [-0.25, -0.2) is 0 Å². The van der Waals surface area contributed by atoms with Gasteiger partial charge in [-0.2, -0.15) is 0 Å². The number of nitrogens with zero attached hydrogens (tertiary/aromatic N) is 2. The van der Waals surface area contributed by atoms with E-state index in [1.54, 1.807) is 0 Å². The number of aliphatic imine (C=N–C) groups is 1. The summed E-state index contributed by atoms with van der Waals surface area (Å²) in [5.74, 6) is 1.28. The lowest BCUT2D eigenvalue weighted by atomic mass is 9.46. The number of nitrogens with two attached hydrogens (primary N) is 1. The monoisotopic (exact) mass is 450 g/mol. The van der Waals surface area contributed by atoms with E-state index in [0.29, 0.717) is 29.4 Å². The van der Waals surface area contributed by atoms with Crippen LogP contribution in [0.1, 0.15) is 32.1 Å². The van der Waals surface area contributed by atoms with Crippen molar-refractivity contribution in [3.8, 4) is 0 Å². The van der Waals surface area contributed by atoms with Gasteiger partial charge in [0.15, 0.2) is 5.96 Å². The van der Waals surface area contributed by atoms with E-state index in [-0.39, 0.29) is 24.0 Å². The summed E-state index contributed by atoms with van der Waals surface area (Å²) in [5, 5.41) is 3.53. The molecular formula is C17H31IN4O2. The number of ether oxygens (including phenoxy) is 2. The molecule has 4 fully saturated rings. The molecule has 4 rings (SSSR count). The Morgan fingerprint density at radius 3 is 2.75 bits per heavy atom. The number of rotatable bonds is 5. The summed E-state index contributed by atoms with van der Waals surface area (Å²) in [6.07, 6.45) is 6.64. The number of fused-ring (bicyclic) bond motifs is 2. The normalized spacial score (nSPS) is 34.8. The summed E-state index contributed by atoms with van der Waals surface area (Å²) in [6.45, 7) is 6.64. The van der Waals surface area contributed by atoms with Gasteiger partial charge < -0.3 is 20.5 Å². The van der Waals surface area contributed by atoms with Gasteiger partial charge in [-0.1, -0.05) is 6.42 Å². The highest BCUT2D eigenvalue weighted by Gasteiger charge is 2.66. The van der Waals surface area contributed by atoms with Crippen molar-refractivity contribution >= 4 is 29.9 Å². The van der Waals surface area contributed by atoms with Gasteiger partial charge in [0, 0.05) is 50.2 Å². The molecule has 0 radical (unpaired) electrons. The summed E-state index contributed by atoms with van der Waals surface area (Å²) in [6, 6.07) is 0.492. The zero-order chi connectivity index (χ0) is 15.7. The van der Waals surface area contributed by atoms with Crippen LogP contribution in [0, 0.1) is 11.3 Å². The first-order chi connectivity index (χ1) is 11.3. The molecule has 0 aromatic carbocycles. The largest absolute Gasteiger partial charge is 0.379 e. The Balaban J connectivity index is 0.00000169. The summed E-state index contributed by atoms with van der Waals surface area (Å²) in [7, 11) is 0. The molecule has 4 aliphatic rings. The van der Waals surface area contributed by atoms with Gasteiger partial charge in [0.05, 0.1) is 19.3 Å². The van der Waals surface area contributed by atoms with Crippen LogP contribution in [0.5, 0.6) is 0 Å². The van der Waals surface area contributed by atoms with Gasteiger partial charge in [-0.3, -0.25) is 9.89 Å². The third kappa shape index (κ3) is 3.41. The minimum absolute atomic E-state index is 0. The lowest BCUT2D eigenvalue weighted by molar-refractivity contribution is -0.171. The number of morpholine rings is 1. The van der Waals surface area contributed by atoms with Crippen molar-refractivity contribution in [1.29, 1.82) is 0 Å². The van der Waals surface area contributed by atoms with Crippen molar-refractivity contribution in [2.24, 2.45) is 22.1 Å². The van der Waals surface area contributed by atoms with Gasteiger partial charge in [-0.15, -0.1) is 24.0 Å². The molecule has 2 aliphatic carbocycles. The zero-order valence-electron chi connectivity index (χ0n) is 14.4. The summed E-state index contributed by atoms with van der Waals surface area (Å²) >= 11 is 0. The number of nitrogens with one attached hydrogen (secondary N) is 1. The molecular weight excluding hydrogens is 419 g/mol. The van der Waals surface area contributed by atoms with Crippen LogP contribution in [-0.2, 0) is 9.47 Å². The second-order valence-corrected chi connectivity index (χ2v) is 7.53. The SMILES string of the molecule is I.NC(=NCCCN1CCOCC1)NC1C2CCOC2C12CCC2. The van der Waals surface area contributed by atoms with Crippen LogP contribution in [0.25, 0.3) is 0 Å². The fourth-order valence-corrected chi connectivity index (χ4v) is 4.98. The first kappa shape index (κ1) is 18.7. The lowest BCUT2D eigenvalue weighted by Gasteiger charge is -2.63. The zero-order valence-corrected chi connectivity index (χ0v) is 16.7. The molecule has 3 atom stereocenters. The standard InChI is InChI=1S/C17H30N4O2.HI/c18-16(19-6-2-7-21-8-11-22-12-9-21)20-14-13-3-10-23-15(13)17(14)4-1-5-17;/h13-15H,1-12H2,(H3,18,19,20);1H. The molecule has 2 aliphatic heterocycles. The first-order valence-electron chi connectivity index (χ1n) is 9.28. The Bertz CT molecular complexity index is 452. The number of hydrogen-bond acceptors (Lipinski definition) is 4. The van der Waals surface area contributed by atoms with Crippen LogP contribution < -0.4 is 11.1 Å². The van der Waals surface area contributed by atoms with E-state index < -0.39 is 0 Å². The van der Waals surface area contributed by atoms with E-state index in [4.69, 9.17) is 15.2 Å². The van der Waals surface area contributed by atoms with E-state index in [2.05, 4.69) is 15.2 Å². The van der Waals surface area contributed by atoms with Crippen LogP contribution in [-0.4, -0.2) is 69.0 Å². The molecule has 2 saturated carbocycles. The van der Waals surface area contributed by atoms with Gasteiger partial charge in [0.2, 0.25) is 0 Å². The Hall–Kier alpha value is -0.120. The van der Waals surface area contributed by atoms with E-state index in [0.717, 1.165) is 52.4 Å². The minimum atomic E-state index is 0. The average Bonchev–Trinajstić information content (AvgIpc) is 2.94. The molecule has 3 N–H and O–H groups in total. The second kappa shape index (κ2) is 8.05. The minimum Gasteiger partial charge on any atom is -0.379 e. The molecule has 3 unspecified atom stereocenters. The van der Waals surface area contributed by atoms with Crippen LogP contribution >= 0.6 is 24.0 Å². The third-order valence-electron chi connectivity index (χ3n) is 6.36. The topological polar surface area (TPSA) is 72.1 Å². The van der Waals surface area contributed by atoms with Crippen molar-refractivity contribution in [2.75, 3.05) is 46.0 Å². The van der Waals surface area contributed by atoms with Crippen molar-refractivity contribution < 1.29 is 9.47 Å². The molecule has 6 nitrogen and oxygen atoms in total. The predicted octanol–water partition coefficient (Wildman–Crippen LogP) is 1.19. The maximum Gasteiger partial charge on any atom is 0.188 e. The van der Waals surface area contributed by atoms with Crippen LogP contribution in [0.15, 0.2) is 4.99 Å². The highest BCUT2D eigenvalue weighted by molar-refractivity contribution is 14.0. The summed E-state index contributed by atoms with van der Waals surface area (Å²) in [4.78, 5) is 7.00. The molecule has 0 aromatic rings. The highest BCUT2D eigenvalue weighted by atomic mass is 127. The average molecular weight is 450 g/mol. The van der Waals surface area contributed by atoms with Gasteiger partial charge >= 0.3 is 0 Å². The third-order valence-corrected chi connectivity index (χ3v) is 6.36. The van der Waals surface area contributed by atoms with Crippen LogP contribution in [0.3, 0.4) is 0 Å². The summed E-state index contributed by atoms with van der Waals surface area (Å²) in [5.41, 5.74) is 6.52. The van der Waals surface area contributed by atoms with Crippen molar-refractivity contribution in [2.45, 2.75) is 44.2 Å². The molecule has 0 aromatic heterocycles. The fraction of sp³-hybridized carbons (Fsp3) is 0.941. The van der Waals surface area contributed by atoms with Crippen molar-refractivity contribution in [1.82, 2.24) is 10.2 Å². The molecule has 24 heavy (non-hydrogen) atoms. The predicted molar refractivity (Wildman–Crippen MR) is 105 cm³/mol. The number of guanidine groups is 1. The van der Waals surface area contributed by atoms with Gasteiger partial charge in [0.1, 0.15) is 0 Å². The second-order valence-electron chi connectivity index (χ2n) is 7.53. The Kier molecular flexibility index (Phi) is 6.26. The first-order valence-corrected chi connectivity index (χ1v) is 9.28. The molecule has 138 valence electrons. The Morgan fingerprint density at radius 1 is 1.25 bits per heavy atom. The van der Waals surface area contributed by atoms with Crippen LogP contribution in [0.4, 0.5) is 0 Å². The Labute approximate surface area is 161 Å². The van der Waals surface area contributed by atoms with Crippen molar-refractivity contribution in [3.05, 3.63) is 0 Å². The van der Waals surface area contributed by atoms with E-state index >= 15 is 0 Å². The van der Waals surface area contributed by atoms with Gasteiger partial charge in [0.25, 0.3) is 0 Å². The lowest BCUT2D eigenvalue weighted by Crippen LogP contribution is -2.72. The highest BCUT2D eigenvalue weighted by Crippen LogP contribution is 2.62.